The number of aromatic nitrogens is 3. The van der Waals surface area contributed by atoms with Crippen LogP contribution in [0.25, 0.3) is 10.9 Å². The lowest BCUT2D eigenvalue weighted by Gasteiger charge is -2.34. The number of unbranched alkanes of at least 4 members (excludes halogenated alkanes) is 2. The molecule has 5 heteroatoms. The first kappa shape index (κ1) is 19.7. The predicted molar refractivity (Wildman–Crippen MR) is 113 cm³/mol. The van der Waals surface area contributed by atoms with Crippen LogP contribution in [0.4, 0.5) is 5.82 Å². The molecule has 1 fully saturated rings. The van der Waals surface area contributed by atoms with Gasteiger partial charge in [0.15, 0.2) is 0 Å². The number of fused-ring (bicyclic) bond motifs is 1. The smallest absolute Gasteiger partial charge is 0.123 e. The summed E-state index contributed by atoms with van der Waals surface area (Å²) in [6.45, 7) is 7.39. The highest BCUT2D eigenvalue weighted by atomic mass is 16.5. The lowest BCUT2D eigenvalue weighted by Crippen LogP contribution is -2.39. The SMILES string of the molecule is CCCCCOC1CCN(c2ccc(C)c3cnccc3n(C)n2C)CC1. The largest absolute Gasteiger partial charge is 0.378 e. The molecule has 0 spiro atoms. The van der Waals surface area contributed by atoms with Gasteiger partial charge in [-0.15, -0.1) is 0 Å². The number of pyridine rings is 1. The number of nitrogens with zero attached hydrogens (tertiary/aromatic N) is 4. The monoisotopic (exact) mass is 370 g/mol. The van der Waals surface area contributed by atoms with E-state index in [4.69, 9.17) is 4.74 Å². The van der Waals surface area contributed by atoms with Gasteiger partial charge in [-0.3, -0.25) is 14.3 Å². The molecule has 148 valence electrons. The van der Waals surface area contributed by atoms with E-state index in [0.717, 1.165) is 32.5 Å². The lowest BCUT2D eigenvalue weighted by atomic mass is 10.1. The fourth-order valence-corrected chi connectivity index (χ4v) is 3.85. The van der Waals surface area contributed by atoms with E-state index in [2.05, 4.69) is 65.4 Å². The van der Waals surface area contributed by atoms with Crippen LogP contribution < -0.4 is 4.90 Å². The molecule has 0 aliphatic carbocycles. The maximum Gasteiger partial charge on any atom is 0.123 e. The molecule has 0 bridgehead atoms. The second-order valence-corrected chi connectivity index (χ2v) is 7.58. The summed E-state index contributed by atoms with van der Waals surface area (Å²) < 4.78 is 10.5. The van der Waals surface area contributed by atoms with Gasteiger partial charge in [-0.2, -0.15) is 0 Å². The van der Waals surface area contributed by atoms with Crippen LogP contribution in [0.3, 0.4) is 0 Å². The van der Waals surface area contributed by atoms with Crippen molar-refractivity contribution in [3.05, 3.63) is 36.2 Å². The number of piperidine rings is 1. The second kappa shape index (κ2) is 9.27. The molecule has 0 unspecified atom stereocenters. The maximum absolute atomic E-state index is 6.09. The molecular formula is C22H34N4O. The van der Waals surface area contributed by atoms with E-state index < -0.39 is 0 Å². The highest BCUT2D eigenvalue weighted by Crippen LogP contribution is 2.23. The number of hydrogen-bond acceptors (Lipinski definition) is 3. The molecule has 27 heavy (non-hydrogen) atoms. The van der Waals surface area contributed by atoms with Crippen LogP contribution in [0.2, 0.25) is 0 Å². The number of ether oxygens (including phenoxy) is 1. The molecule has 0 radical (unpaired) electrons. The third kappa shape index (κ3) is 4.64. The fourth-order valence-electron chi connectivity index (χ4n) is 3.85. The van der Waals surface area contributed by atoms with Crippen molar-refractivity contribution in [2.45, 2.75) is 52.1 Å². The van der Waals surface area contributed by atoms with Crippen LogP contribution in [0, 0.1) is 6.92 Å². The van der Waals surface area contributed by atoms with Crippen LogP contribution in [0.1, 0.15) is 44.6 Å². The van der Waals surface area contributed by atoms with Crippen molar-refractivity contribution >= 4 is 16.7 Å². The summed E-state index contributed by atoms with van der Waals surface area (Å²) in [5.74, 6) is 1.24. The van der Waals surface area contributed by atoms with Gasteiger partial charge in [-0.25, -0.2) is 0 Å². The van der Waals surface area contributed by atoms with Crippen molar-refractivity contribution in [2.75, 3.05) is 24.6 Å². The van der Waals surface area contributed by atoms with Crippen molar-refractivity contribution in [3.63, 3.8) is 0 Å². The molecule has 1 aliphatic rings. The molecule has 0 saturated carbocycles. The number of hydrogen-bond donors (Lipinski definition) is 0. The Morgan fingerprint density at radius 2 is 1.85 bits per heavy atom. The fraction of sp³-hybridized carbons (Fsp3) is 0.591. The average molecular weight is 371 g/mol. The minimum atomic E-state index is 0.416. The Bertz CT molecular complexity index is 798. The summed E-state index contributed by atoms with van der Waals surface area (Å²) in [4.78, 5) is 6.79. The molecule has 3 heterocycles. The Labute approximate surface area is 163 Å². The van der Waals surface area contributed by atoms with Gasteiger partial charge in [0.1, 0.15) is 5.82 Å². The quantitative estimate of drug-likeness (QED) is 0.701. The first-order valence-corrected chi connectivity index (χ1v) is 10.3. The van der Waals surface area contributed by atoms with Crippen molar-refractivity contribution in [1.29, 1.82) is 0 Å². The number of rotatable bonds is 6. The van der Waals surface area contributed by atoms with Crippen molar-refractivity contribution in [1.82, 2.24) is 14.3 Å². The van der Waals surface area contributed by atoms with Gasteiger partial charge in [0, 0.05) is 51.6 Å². The third-order valence-corrected chi connectivity index (χ3v) is 5.70. The van der Waals surface area contributed by atoms with Crippen LogP contribution in [0.15, 0.2) is 30.6 Å². The Morgan fingerprint density at radius 3 is 2.59 bits per heavy atom. The minimum Gasteiger partial charge on any atom is -0.378 e. The molecule has 1 saturated heterocycles. The summed E-state index contributed by atoms with van der Waals surface area (Å²) >= 11 is 0. The van der Waals surface area contributed by atoms with Crippen molar-refractivity contribution in [2.24, 2.45) is 14.1 Å². The zero-order valence-electron chi connectivity index (χ0n) is 17.3. The average Bonchev–Trinajstić information content (AvgIpc) is 2.70. The molecular weight excluding hydrogens is 336 g/mol. The normalized spacial score (nSPS) is 15.3. The van der Waals surface area contributed by atoms with Gasteiger partial charge < -0.3 is 9.64 Å². The topological polar surface area (TPSA) is 35.2 Å². The van der Waals surface area contributed by atoms with E-state index in [-0.39, 0.29) is 0 Å². The van der Waals surface area contributed by atoms with E-state index in [1.165, 1.54) is 41.5 Å². The Balaban J connectivity index is 1.79. The van der Waals surface area contributed by atoms with Crippen molar-refractivity contribution in [3.8, 4) is 0 Å². The molecule has 5 nitrogen and oxygen atoms in total. The summed E-state index contributed by atoms with van der Waals surface area (Å²) in [5.41, 5.74) is 2.42. The summed E-state index contributed by atoms with van der Waals surface area (Å²) in [5, 5.41) is 1.18. The van der Waals surface area contributed by atoms with Crippen LogP contribution in [-0.4, -0.2) is 40.1 Å². The molecule has 0 atom stereocenters. The lowest BCUT2D eigenvalue weighted by molar-refractivity contribution is 0.0347. The second-order valence-electron chi connectivity index (χ2n) is 7.58. The number of aryl methyl sites for hydroxylation is 2. The Hall–Kier alpha value is -2.01. The Morgan fingerprint density at radius 1 is 1.07 bits per heavy atom. The molecule has 0 aromatic carbocycles. The highest BCUT2D eigenvalue weighted by Gasteiger charge is 2.21. The zero-order valence-corrected chi connectivity index (χ0v) is 17.3. The van der Waals surface area contributed by atoms with Gasteiger partial charge in [0.05, 0.1) is 11.6 Å². The molecule has 3 rings (SSSR count). The van der Waals surface area contributed by atoms with Gasteiger partial charge in [0.2, 0.25) is 0 Å². The van der Waals surface area contributed by atoms with Gasteiger partial charge >= 0.3 is 0 Å². The first-order valence-electron chi connectivity index (χ1n) is 10.3. The van der Waals surface area contributed by atoms with E-state index in [9.17, 15) is 0 Å². The Kier molecular flexibility index (Phi) is 6.78. The minimum absolute atomic E-state index is 0.416. The van der Waals surface area contributed by atoms with E-state index >= 15 is 0 Å². The zero-order chi connectivity index (χ0) is 19.2. The third-order valence-electron chi connectivity index (χ3n) is 5.70. The maximum atomic E-state index is 6.09. The standard InChI is InChI=1S/C22H34N4O/c1-5-6-7-16-27-19-11-14-26(15-12-19)22-9-8-18(2)20-17-23-13-10-21(20)24(3)25(22)4/h8-10,13,17,19H,5-7,11-12,14-16H2,1-4H3. The van der Waals surface area contributed by atoms with Crippen molar-refractivity contribution < 1.29 is 4.74 Å². The van der Waals surface area contributed by atoms with Gasteiger partial charge in [-0.1, -0.05) is 25.8 Å². The summed E-state index contributed by atoms with van der Waals surface area (Å²) in [6.07, 6.45) is 10.1. The summed E-state index contributed by atoms with van der Waals surface area (Å²) in [7, 11) is 4.26. The van der Waals surface area contributed by atoms with Crippen LogP contribution >= 0.6 is 0 Å². The van der Waals surface area contributed by atoms with Gasteiger partial charge in [-0.05, 0) is 43.9 Å². The molecule has 0 amide bonds. The van der Waals surface area contributed by atoms with Gasteiger partial charge in [0.25, 0.3) is 0 Å². The van der Waals surface area contributed by atoms with E-state index in [1.54, 1.807) is 0 Å². The summed E-state index contributed by atoms with van der Waals surface area (Å²) in [6, 6.07) is 6.54. The molecule has 2 aromatic rings. The van der Waals surface area contributed by atoms with Crippen LogP contribution in [0.5, 0.6) is 0 Å². The van der Waals surface area contributed by atoms with Crippen LogP contribution in [-0.2, 0) is 18.8 Å². The first-order chi connectivity index (χ1) is 13.1. The predicted octanol–water partition coefficient (Wildman–Crippen LogP) is 4.52. The van der Waals surface area contributed by atoms with E-state index in [0.29, 0.717) is 6.10 Å². The number of anilines is 1. The highest BCUT2D eigenvalue weighted by molar-refractivity contribution is 5.80. The molecule has 0 N–H and O–H groups in total. The van der Waals surface area contributed by atoms with E-state index in [1.807, 2.05) is 12.4 Å². The molecule has 1 aliphatic heterocycles. The molecule has 2 aromatic heterocycles.